The number of carbonyl (C=O) groups is 3. The zero-order valence-corrected chi connectivity index (χ0v) is 33.1. The molecule has 4 atom stereocenters. The number of nitrogens with one attached hydrogen (secondary N) is 2. The van der Waals surface area contributed by atoms with Crippen molar-refractivity contribution in [3.63, 3.8) is 0 Å². The van der Waals surface area contributed by atoms with Crippen LogP contribution in [0.4, 0.5) is 4.79 Å². The van der Waals surface area contributed by atoms with E-state index >= 15 is 0 Å². The van der Waals surface area contributed by atoms with Crippen molar-refractivity contribution in [2.45, 2.75) is 49.9 Å². The van der Waals surface area contributed by atoms with Crippen LogP contribution >= 0.6 is 0 Å². The Balaban J connectivity index is 0.939. The predicted molar refractivity (Wildman–Crippen MR) is 222 cm³/mol. The molecule has 0 radical (unpaired) electrons. The highest BCUT2D eigenvalue weighted by atomic mass is 17.2. The molecule has 0 bridgehead atoms. The Hall–Kier alpha value is -7.24. The van der Waals surface area contributed by atoms with Crippen LogP contribution in [-0.4, -0.2) is 76.4 Å². The van der Waals surface area contributed by atoms with E-state index in [0.29, 0.717) is 36.1 Å². The number of carbonyl (C=O) groups excluding carboxylic acids is 3. The number of benzene rings is 4. The number of alkyl carbamates (subject to hydrolysis) is 1. The molecule has 3 amide bonds. The summed E-state index contributed by atoms with van der Waals surface area (Å²) in [6, 6.07) is 29.7. The second-order valence-corrected chi connectivity index (χ2v) is 14.4. The topological polar surface area (TPSA) is 164 Å². The number of imidazole rings is 1. The summed E-state index contributed by atoms with van der Waals surface area (Å²) in [6.07, 6.45) is 5.21. The maximum absolute atomic E-state index is 13.9. The van der Waals surface area contributed by atoms with Gasteiger partial charge in [-0.25, -0.2) is 19.8 Å². The molecular weight excluding hydrogens is 763 g/mol. The minimum atomic E-state index is -0.893. The molecule has 0 spiro atoms. The zero-order valence-electron chi connectivity index (χ0n) is 33.1. The molecule has 6 aromatic rings. The van der Waals surface area contributed by atoms with Gasteiger partial charge in [0.25, 0.3) is 11.8 Å². The molecule has 2 aliphatic rings. The third kappa shape index (κ3) is 8.62. The molecule has 0 unspecified atom stereocenters. The van der Waals surface area contributed by atoms with Crippen molar-refractivity contribution in [1.82, 2.24) is 30.1 Å². The molecule has 0 saturated carbocycles. The average molecular weight is 806 g/mol. The van der Waals surface area contributed by atoms with Crippen molar-refractivity contribution in [2.24, 2.45) is 4.99 Å². The van der Waals surface area contributed by atoms with Gasteiger partial charge < -0.3 is 34.1 Å². The molecule has 14 nitrogen and oxygen atoms in total. The summed E-state index contributed by atoms with van der Waals surface area (Å²) in [6.45, 7) is 1.10. The third-order valence-electron chi connectivity index (χ3n) is 10.7. The molecule has 2 N–H and O–H groups in total. The van der Waals surface area contributed by atoms with Crippen molar-refractivity contribution in [3.8, 4) is 23.2 Å². The van der Waals surface area contributed by atoms with Gasteiger partial charge in [0.1, 0.15) is 17.9 Å². The standard InChI is InChI=1S/C46H43N7O7/c1-57-46(56)51-41(34-13-7-4-8-14-34)45(55)52-25-9-15-37(52)42-49-35-24-21-31(27-36(35)50-42)18-17-30-19-22-32(23-20-30)39-28-47-43(60-39)38-16-10-26-53(38)44(54)40(48-29-59-58-2)33-11-5-3-6-12-33/h3-8,11-14,19-24,27-29,37-38,40-41H,9-10,15-16,25-26H2,1-2H3,(H,49,50)(H,51,56)/b48-29-/t37-,38-,40+,41+/m0/s1. The smallest absolute Gasteiger partial charge is 0.407 e. The van der Waals surface area contributed by atoms with E-state index in [1.165, 1.54) is 14.2 Å². The Morgan fingerprint density at radius 1 is 0.850 bits per heavy atom. The maximum Gasteiger partial charge on any atom is 0.407 e. The molecular formula is C46H43N7O7. The highest BCUT2D eigenvalue weighted by molar-refractivity contribution is 5.88. The molecule has 60 heavy (non-hydrogen) atoms. The number of nitrogens with zero attached hydrogens (tertiary/aromatic N) is 5. The van der Waals surface area contributed by atoms with Gasteiger partial charge in [0.2, 0.25) is 12.3 Å². The summed E-state index contributed by atoms with van der Waals surface area (Å²) >= 11 is 0. The Morgan fingerprint density at radius 3 is 2.23 bits per heavy atom. The van der Waals surface area contributed by atoms with Gasteiger partial charge in [-0.1, -0.05) is 72.5 Å². The van der Waals surface area contributed by atoms with Crippen LogP contribution in [0.5, 0.6) is 0 Å². The second-order valence-electron chi connectivity index (χ2n) is 14.4. The van der Waals surface area contributed by atoms with Crippen LogP contribution in [0, 0.1) is 11.8 Å². The quantitative estimate of drug-likeness (QED) is 0.0447. The number of ether oxygens (including phenoxy) is 1. The third-order valence-corrected chi connectivity index (χ3v) is 10.7. The first-order valence-electron chi connectivity index (χ1n) is 19.7. The number of amides is 3. The summed E-state index contributed by atoms with van der Waals surface area (Å²) < 4.78 is 11.1. The minimum absolute atomic E-state index is 0.175. The van der Waals surface area contributed by atoms with Crippen molar-refractivity contribution in [1.29, 1.82) is 0 Å². The normalized spacial score (nSPS) is 17.3. The number of hydrogen-bond acceptors (Lipinski definition) is 10. The summed E-state index contributed by atoms with van der Waals surface area (Å²) in [5.74, 6) is 7.85. The van der Waals surface area contributed by atoms with E-state index in [1.807, 2.05) is 103 Å². The number of rotatable bonds is 11. The fraction of sp³-hybridized carbons (Fsp3) is 0.261. The van der Waals surface area contributed by atoms with Gasteiger partial charge in [-0.15, -0.1) is 0 Å². The molecule has 2 aliphatic heterocycles. The summed E-state index contributed by atoms with van der Waals surface area (Å²) in [5.41, 5.74) is 5.44. The summed E-state index contributed by atoms with van der Waals surface area (Å²) in [4.78, 5) is 70.3. The van der Waals surface area contributed by atoms with Crippen LogP contribution in [0.15, 0.2) is 119 Å². The first kappa shape index (κ1) is 39.6. The van der Waals surface area contributed by atoms with E-state index in [2.05, 4.69) is 37.0 Å². The molecule has 0 aliphatic carbocycles. The van der Waals surface area contributed by atoms with Crippen LogP contribution in [0.3, 0.4) is 0 Å². The van der Waals surface area contributed by atoms with E-state index in [0.717, 1.165) is 65.4 Å². The first-order chi connectivity index (χ1) is 29.4. The monoisotopic (exact) mass is 805 g/mol. The zero-order chi connectivity index (χ0) is 41.4. The fourth-order valence-electron chi connectivity index (χ4n) is 7.79. The molecule has 2 aromatic heterocycles. The average Bonchev–Trinajstić information content (AvgIpc) is 4.13. The highest BCUT2D eigenvalue weighted by Crippen LogP contribution is 2.37. The van der Waals surface area contributed by atoms with Crippen LogP contribution in [-0.2, 0) is 24.1 Å². The number of aliphatic imine (C=N–C) groups is 1. The molecule has 8 rings (SSSR count). The fourth-order valence-corrected chi connectivity index (χ4v) is 7.79. The molecule has 2 saturated heterocycles. The van der Waals surface area contributed by atoms with E-state index in [4.69, 9.17) is 19.0 Å². The van der Waals surface area contributed by atoms with Gasteiger partial charge >= 0.3 is 6.09 Å². The number of hydrogen-bond donors (Lipinski definition) is 2. The molecule has 304 valence electrons. The van der Waals surface area contributed by atoms with Crippen molar-refractivity contribution in [3.05, 3.63) is 143 Å². The lowest BCUT2D eigenvalue weighted by Gasteiger charge is -2.28. The second kappa shape index (κ2) is 18.1. The van der Waals surface area contributed by atoms with Crippen molar-refractivity contribution in [2.75, 3.05) is 27.3 Å². The lowest BCUT2D eigenvalue weighted by molar-refractivity contribution is -0.188. The Bertz CT molecular complexity index is 2540. The van der Waals surface area contributed by atoms with Crippen LogP contribution in [0.1, 0.15) is 83.8 Å². The first-order valence-corrected chi connectivity index (χ1v) is 19.7. The summed E-state index contributed by atoms with van der Waals surface area (Å²) in [7, 11) is 2.65. The van der Waals surface area contributed by atoms with Crippen molar-refractivity contribution >= 4 is 35.3 Å². The van der Waals surface area contributed by atoms with Gasteiger partial charge in [0, 0.05) is 29.8 Å². The van der Waals surface area contributed by atoms with Gasteiger partial charge in [-0.2, -0.15) is 4.89 Å². The van der Waals surface area contributed by atoms with Crippen LogP contribution in [0.25, 0.3) is 22.4 Å². The van der Waals surface area contributed by atoms with E-state index in [-0.39, 0.29) is 23.9 Å². The van der Waals surface area contributed by atoms with E-state index in [9.17, 15) is 14.4 Å². The lowest BCUT2D eigenvalue weighted by Crippen LogP contribution is -2.42. The minimum Gasteiger partial charge on any atom is -0.453 e. The number of fused-ring (bicyclic) bond motifs is 1. The Labute approximate surface area is 346 Å². The van der Waals surface area contributed by atoms with Crippen LogP contribution in [0.2, 0.25) is 0 Å². The maximum atomic E-state index is 13.9. The van der Waals surface area contributed by atoms with Gasteiger partial charge in [-0.05, 0) is 79.3 Å². The predicted octanol–water partition coefficient (Wildman–Crippen LogP) is 7.39. The van der Waals surface area contributed by atoms with Crippen molar-refractivity contribution < 1.29 is 33.3 Å². The number of methoxy groups -OCH3 is 1. The molecule has 4 heterocycles. The Morgan fingerprint density at radius 2 is 1.52 bits per heavy atom. The molecule has 4 aromatic carbocycles. The highest BCUT2D eigenvalue weighted by Gasteiger charge is 2.38. The van der Waals surface area contributed by atoms with Gasteiger partial charge in [0.15, 0.2) is 11.8 Å². The SMILES string of the molecule is COO/C=N\[C@@H](C(=O)N1CCC[C@H]1c1ncc(-c2ccc(C#Cc3ccc4nc([C@@H]5CCCN5C(=O)[C@H](NC(=O)OC)c5ccccc5)[nH]c4c3)cc2)o1)c1ccccc1. The number of aromatic nitrogens is 3. The van der Waals surface area contributed by atoms with E-state index in [1.54, 1.807) is 16.0 Å². The van der Waals surface area contributed by atoms with Gasteiger partial charge in [-0.3, -0.25) is 9.59 Å². The summed E-state index contributed by atoms with van der Waals surface area (Å²) in [5, 5.41) is 2.71. The molecule has 2 fully saturated rings. The van der Waals surface area contributed by atoms with Crippen LogP contribution < -0.4 is 5.32 Å². The lowest BCUT2D eigenvalue weighted by atomic mass is 10.1. The number of likely N-dealkylation sites (tertiary alicyclic amines) is 2. The van der Waals surface area contributed by atoms with Gasteiger partial charge in [0.05, 0.1) is 37.5 Å². The number of oxazole rings is 1. The van der Waals surface area contributed by atoms with E-state index < -0.39 is 18.2 Å². The molecule has 14 heteroatoms. The Kier molecular flexibility index (Phi) is 12.0. The number of H-pyrrole nitrogens is 1. The number of aromatic amines is 1. The largest absolute Gasteiger partial charge is 0.453 e.